The lowest BCUT2D eigenvalue weighted by molar-refractivity contribution is -0.141. The van der Waals surface area contributed by atoms with Gasteiger partial charge >= 0.3 is 12.0 Å². The highest BCUT2D eigenvalue weighted by atomic mass is 16.4. The van der Waals surface area contributed by atoms with E-state index in [-0.39, 0.29) is 19.0 Å². The molecule has 0 aliphatic carbocycles. The van der Waals surface area contributed by atoms with Gasteiger partial charge in [0.05, 0.1) is 6.10 Å². The number of amides is 2. The second-order valence-corrected chi connectivity index (χ2v) is 5.19. The Hall–Kier alpha value is -1.30. The minimum Gasteiger partial charge on any atom is -0.480 e. The largest absolute Gasteiger partial charge is 0.480 e. The van der Waals surface area contributed by atoms with Crippen molar-refractivity contribution < 1.29 is 19.8 Å². The number of carbonyl (C=O) groups is 2. The fourth-order valence-electron chi connectivity index (χ4n) is 2.78. The van der Waals surface area contributed by atoms with Crippen LogP contribution >= 0.6 is 0 Å². The first-order valence-electron chi connectivity index (χ1n) is 6.49. The maximum atomic E-state index is 12.2. The summed E-state index contributed by atoms with van der Waals surface area (Å²) in [4.78, 5) is 26.3. The summed E-state index contributed by atoms with van der Waals surface area (Å²) in [5.74, 6) is -0.518. The number of carboxylic acid groups (broad SMARTS) is 1. The van der Waals surface area contributed by atoms with E-state index < -0.39 is 18.1 Å². The summed E-state index contributed by atoms with van der Waals surface area (Å²) in [6.45, 7) is 3.62. The monoisotopic (exact) mass is 256 g/mol. The predicted molar refractivity (Wildman–Crippen MR) is 64.1 cm³/mol. The van der Waals surface area contributed by atoms with Crippen molar-refractivity contribution in [3.05, 3.63) is 0 Å². The van der Waals surface area contributed by atoms with Gasteiger partial charge in [-0.1, -0.05) is 13.3 Å². The minimum atomic E-state index is -1.04. The number of rotatable bonds is 2. The molecule has 0 bridgehead atoms. The fraction of sp³-hybridized carbons (Fsp3) is 0.833. The number of carboxylic acids is 1. The summed E-state index contributed by atoms with van der Waals surface area (Å²) >= 11 is 0. The Morgan fingerprint density at radius 2 is 2.06 bits per heavy atom. The molecule has 3 atom stereocenters. The number of aliphatic hydroxyl groups is 1. The number of carbonyl (C=O) groups excluding carboxylic acids is 1. The summed E-state index contributed by atoms with van der Waals surface area (Å²) in [5.41, 5.74) is 0. The van der Waals surface area contributed by atoms with Gasteiger partial charge < -0.3 is 20.0 Å². The molecule has 0 spiro atoms. The lowest BCUT2D eigenvalue weighted by Gasteiger charge is -2.27. The molecule has 0 radical (unpaired) electrons. The second-order valence-electron chi connectivity index (χ2n) is 5.19. The number of β-amino-alcohol motifs (C(OH)–C–C–N with tert-alkyl or cyclic N) is 1. The van der Waals surface area contributed by atoms with E-state index in [9.17, 15) is 14.7 Å². The van der Waals surface area contributed by atoms with Crippen LogP contribution in [0, 0.1) is 5.92 Å². The summed E-state index contributed by atoms with van der Waals surface area (Å²) < 4.78 is 0. The van der Waals surface area contributed by atoms with Crippen LogP contribution in [-0.4, -0.2) is 63.8 Å². The highest BCUT2D eigenvalue weighted by Crippen LogP contribution is 2.24. The maximum Gasteiger partial charge on any atom is 0.326 e. The number of nitrogens with zero attached hydrogens (tertiary/aromatic N) is 2. The van der Waals surface area contributed by atoms with E-state index in [0.717, 1.165) is 12.8 Å². The summed E-state index contributed by atoms with van der Waals surface area (Å²) in [5, 5.41) is 18.6. The molecule has 2 aliphatic heterocycles. The Labute approximate surface area is 106 Å². The molecule has 0 aromatic heterocycles. The Bertz CT molecular complexity index is 347. The van der Waals surface area contributed by atoms with Gasteiger partial charge in [-0.15, -0.1) is 0 Å². The van der Waals surface area contributed by atoms with E-state index in [0.29, 0.717) is 19.0 Å². The van der Waals surface area contributed by atoms with Crippen LogP contribution in [0.5, 0.6) is 0 Å². The van der Waals surface area contributed by atoms with Gasteiger partial charge in [0.2, 0.25) is 0 Å². The molecule has 2 amide bonds. The van der Waals surface area contributed by atoms with Gasteiger partial charge in [-0.3, -0.25) is 0 Å². The van der Waals surface area contributed by atoms with Gasteiger partial charge in [0.15, 0.2) is 0 Å². The quantitative estimate of drug-likeness (QED) is 0.747. The number of likely N-dealkylation sites (tertiary alicyclic amines) is 2. The number of urea groups is 1. The molecule has 2 saturated heterocycles. The van der Waals surface area contributed by atoms with Crippen molar-refractivity contribution in [1.29, 1.82) is 0 Å². The first-order chi connectivity index (χ1) is 8.52. The van der Waals surface area contributed by atoms with E-state index >= 15 is 0 Å². The number of aliphatic hydroxyl groups excluding tert-OH is 1. The molecule has 18 heavy (non-hydrogen) atoms. The molecule has 2 heterocycles. The summed E-state index contributed by atoms with van der Waals surface area (Å²) in [6.07, 6.45) is 1.43. The van der Waals surface area contributed by atoms with Gasteiger partial charge in [-0.25, -0.2) is 9.59 Å². The smallest absolute Gasteiger partial charge is 0.326 e. The third-order valence-corrected chi connectivity index (χ3v) is 3.94. The lowest BCUT2D eigenvalue weighted by atomic mass is 10.1. The van der Waals surface area contributed by atoms with Gasteiger partial charge in [0.1, 0.15) is 6.04 Å². The molecule has 2 N–H and O–H groups in total. The Morgan fingerprint density at radius 1 is 1.33 bits per heavy atom. The normalized spacial score (nSPS) is 32.0. The van der Waals surface area contributed by atoms with E-state index in [2.05, 4.69) is 6.92 Å². The molecular formula is C12H20N2O4. The van der Waals surface area contributed by atoms with E-state index in [4.69, 9.17) is 5.11 Å². The topological polar surface area (TPSA) is 81.1 Å². The zero-order valence-corrected chi connectivity index (χ0v) is 10.6. The zero-order chi connectivity index (χ0) is 13.3. The lowest BCUT2D eigenvalue weighted by Crippen LogP contribution is -2.47. The zero-order valence-electron chi connectivity index (χ0n) is 10.6. The van der Waals surface area contributed by atoms with Crippen molar-refractivity contribution >= 4 is 12.0 Å². The van der Waals surface area contributed by atoms with Crippen molar-refractivity contribution in [2.45, 2.75) is 38.3 Å². The molecule has 1 unspecified atom stereocenters. The average Bonchev–Trinajstić information content (AvgIpc) is 2.94. The molecule has 2 aliphatic rings. The molecule has 6 nitrogen and oxygen atoms in total. The van der Waals surface area contributed by atoms with E-state index in [1.165, 1.54) is 4.90 Å². The third kappa shape index (κ3) is 2.43. The van der Waals surface area contributed by atoms with Crippen molar-refractivity contribution in [1.82, 2.24) is 9.80 Å². The molecule has 0 aromatic carbocycles. The maximum absolute atomic E-state index is 12.2. The highest BCUT2D eigenvalue weighted by molar-refractivity contribution is 5.83. The third-order valence-electron chi connectivity index (χ3n) is 3.94. The highest BCUT2D eigenvalue weighted by Gasteiger charge is 2.41. The molecule has 2 rings (SSSR count). The standard InChI is InChI=1S/C12H20N2O4/c1-2-8-3-4-13(6-8)12(18)14-7-9(15)5-10(14)11(16)17/h8-10,15H,2-7H2,1H3,(H,16,17)/t8?,9-,10-/m0/s1. The van der Waals surface area contributed by atoms with Crippen molar-refractivity contribution in [3.8, 4) is 0 Å². The first kappa shape index (κ1) is 13.1. The van der Waals surface area contributed by atoms with Crippen LogP contribution in [0.25, 0.3) is 0 Å². The van der Waals surface area contributed by atoms with Crippen LogP contribution < -0.4 is 0 Å². The summed E-state index contributed by atoms with van der Waals surface area (Å²) in [6, 6.07) is -1.12. The van der Waals surface area contributed by atoms with Crippen LogP contribution in [-0.2, 0) is 4.79 Å². The Kier molecular flexibility index (Phi) is 3.75. The average molecular weight is 256 g/mol. The van der Waals surface area contributed by atoms with Crippen LogP contribution in [0.3, 0.4) is 0 Å². The minimum absolute atomic E-state index is 0.128. The Balaban J connectivity index is 2.02. The first-order valence-corrected chi connectivity index (χ1v) is 6.49. The van der Waals surface area contributed by atoms with Crippen LogP contribution in [0.1, 0.15) is 26.2 Å². The van der Waals surface area contributed by atoms with Crippen molar-refractivity contribution in [2.75, 3.05) is 19.6 Å². The van der Waals surface area contributed by atoms with Gasteiger partial charge in [-0.05, 0) is 12.3 Å². The molecule has 102 valence electrons. The molecule has 6 heteroatoms. The summed E-state index contributed by atoms with van der Waals surface area (Å²) in [7, 11) is 0. The van der Waals surface area contributed by atoms with Gasteiger partial charge in [0, 0.05) is 26.1 Å². The number of hydrogen-bond donors (Lipinski definition) is 2. The predicted octanol–water partition coefficient (Wildman–Crippen LogP) is 0.358. The SMILES string of the molecule is CCC1CCN(C(=O)N2C[C@@H](O)C[C@H]2C(=O)O)C1. The molecular weight excluding hydrogens is 236 g/mol. The Morgan fingerprint density at radius 3 is 2.61 bits per heavy atom. The fourth-order valence-corrected chi connectivity index (χ4v) is 2.78. The van der Waals surface area contributed by atoms with Crippen LogP contribution in [0.15, 0.2) is 0 Å². The van der Waals surface area contributed by atoms with Gasteiger partial charge in [0.25, 0.3) is 0 Å². The second kappa shape index (κ2) is 5.14. The molecule has 2 fully saturated rings. The van der Waals surface area contributed by atoms with Crippen molar-refractivity contribution in [2.24, 2.45) is 5.92 Å². The molecule has 0 saturated carbocycles. The van der Waals surface area contributed by atoms with E-state index in [1.54, 1.807) is 4.90 Å². The van der Waals surface area contributed by atoms with E-state index in [1.807, 2.05) is 0 Å². The number of hydrogen-bond acceptors (Lipinski definition) is 3. The van der Waals surface area contributed by atoms with Crippen LogP contribution in [0.2, 0.25) is 0 Å². The van der Waals surface area contributed by atoms with Crippen LogP contribution in [0.4, 0.5) is 4.79 Å². The molecule has 0 aromatic rings. The van der Waals surface area contributed by atoms with Crippen molar-refractivity contribution in [3.63, 3.8) is 0 Å². The number of aliphatic carboxylic acids is 1. The van der Waals surface area contributed by atoms with Gasteiger partial charge in [-0.2, -0.15) is 0 Å².